The maximum Gasteiger partial charge on any atom is 0.235 e. The summed E-state index contributed by atoms with van der Waals surface area (Å²) in [4.78, 5) is 0. The molecule has 0 saturated carbocycles. The van der Waals surface area contributed by atoms with Crippen molar-refractivity contribution < 1.29 is 8.42 Å². The summed E-state index contributed by atoms with van der Waals surface area (Å²) in [6.07, 6.45) is 3.16. The fraction of sp³-hybridized carbons (Fsp3) is 0.625. The highest BCUT2D eigenvalue weighted by atomic mass is 32.2. The molecule has 5 heteroatoms. The van der Waals surface area contributed by atoms with Crippen LogP contribution in [0.4, 0.5) is 11.4 Å². The molecule has 0 fully saturated rings. The van der Waals surface area contributed by atoms with Crippen LogP contribution in [0.1, 0.15) is 53.0 Å². The molecule has 21 heavy (non-hydrogen) atoms. The largest absolute Gasteiger partial charge is 0.397 e. The van der Waals surface area contributed by atoms with Gasteiger partial charge >= 0.3 is 0 Å². The fourth-order valence-corrected chi connectivity index (χ4v) is 3.11. The van der Waals surface area contributed by atoms with E-state index in [2.05, 4.69) is 25.5 Å². The van der Waals surface area contributed by atoms with Gasteiger partial charge in [-0.25, -0.2) is 8.42 Å². The minimum absolute atomic E-state index is 0.194. The Bertz CT molecular complexity index is 578. The van der Waals surface area contributed by atoms with Gasteiger partial charge in [0.05, 0.1) is 16.6 Å². The van der Waals surface area contributed by atoms with E-state index in [1.165, 1.54) is 0 Å². The van der Waals surface area contributed by atoms with Crippen molar-refractivity contribution in [3.63, 3.8) is 0 Å². The molecule has 0 aromatic heterocycles. The minimum Gasteiger partial charge on any atom is -0.397 e. The minimum atomic E-state index is -3.37. The van der Waals surface area contributed by atoms with Crippen LogP contribution >= 0.6 is 0 Å². The zero-order valence-corrected chi connectivity index (χ0v) is 14.5. The molecule has 0 amide bonds. The van der Waals surface area contributed by atoms with E-state index in [-0.39, 0.29) is 5.41 Å². The second kappa shape index (κ2) is 6.69. The van der Waals surface area contributed by atoms with Crippen molar-refractivity contribution in [3.8, 4) is 0 Å². The predicted octanol–water partition coefficient (Wildman–Crippen LogP) is 3.79. The number of anilines is 2. The molecule has 120 valence electrons. The maximum absolute atomic E-state index is 12.0. The molecule has 0 saturated heterocycles. The highest BCUT2D eigenvalue weighted by Crippen LogP contribution is 2.30. The summed E-state index contributed by atoms with van der Waals surface area (Å²) in [5, 5.41) is -0.489. The molecular weight excluding hydrogens is 284 g/mol. The third-order valence-electron chi connectivity index (χ3n) is 3.60. The Hall–Kier alpha value is -1.23. The number of benzene rings is 1. The van der Waals surface area contributed by atoms with E-state index in [0.29, 0.717) is 11.4 Å². The molecule has 1 aromatic rings. The van der Waals surface area contributed by atoms with Crippen LogP contribution in [0.15, 0.2) is 18.2 Å². The van der Waals surface area contributed by atoms with E-state index in [0.717, 1.165) is 24.8 Å². The summed E-state index contributed by atoms with van der Waals surface area (Å²) in [5.74, 6) is 0. The Morgan fingerprint density at radius 3 is 2.43 bits per heavy atom. The van der Waals surface area contributed by atoms with E-state index in [4.69, 9.17) is 5.73 Å². The highest BCUT2D eigenvalue weighted by Gasteiger charge is 2.20. The predicted molar refractivity (Wildman–Crippen MR) is 90.9 cm³/mol. The number of nitrogens with one attached hydrogen (secondary N) is 1. The van der Waals surface area contributed by atoms with Crippen LogP contribution in [0.5, 0.6) is 0 Å². The smallest absolute Gasteiger partial charge is 0.235 e. The van der Waals surface area contributed by atoms with Crippen molar-refractivity contribution >= 4 is 21.4 Å². The van der Waals surface area contributed by atoms with Crippen LogP contribution < -0.4 is 10.5 Å². The van der Waals surface area contributed by atoms with Gasteiger partial charge in [-0.3, -0.25) is 4.72 Å². The molecule has 1 aromatic carbocycles. The van der Waals surface area contributed by atoms with Crippen LogP contribution in [0.3, 0.4) is 0 Å². The summed E-state index contributed by atoms with van der Waals surface area (Å²) in [6.45, 7) is 9.92. The summed E-state index contributed by atoms with van der Waals surface area (Å²) in [6, 6.07) is 5.60. The Kier molecular flexibility index (Phi) is 5.68. The first-order valence-corrected chi connectivity index (χ1v) is 9.02. The molecular formula is C16H28N2O2S. The fourth-order valence-electron chi connectivity index (χ4n) is 2.39. The van der Waals surface area contributed by atoms with Gasteiger partial charge in [0.2, 0.25) is 10.0 Å². The van der Waals surface area contributed by atoms with Gasteiger partial charge in [-0.15, -0.1) is 0 Å². The van der Waals surface area contributed by atoms with Gasteiger partial charge in [0.15, 0.2) is 0 Å². The Morgan fingerprint density at radius 2 is 1.90 bits per heavy atom. The lowest BCUT2D eigenvalue weighted by Gasteiger charge is -2.24. The number of nitrogens with two attached hydrogens (primary N) is 1. The monoisotopic (exact) mass is 312 g/mol. The van der Waals surface area contributed by atoms with Crippen LogP contribution in [-0.2, 0) is 16.4 Å². The number of sulfonamides is 1. The molecule has 0 unspecified atom stereocenters. The number of hydrogen-bond acceptors (Lipinski definition) is 3. The molecule has 0 aliphatic rings. The average Bonchev–Trinajstić information content (AvgIpc) is 2.32. The molecule has 0 atom stereocenters. The van der Waals surface area contributed by atoms with Crippen molar-refractivity contribution in [1.29, 1.82) is 0 Å². The molecule has 0 bridgehead atoms. The van der Waals surface area contributed by atoms with Crippen LogP contribution in [0.25, 0.3) is 0 Å². The van der Waals surface area contributed by atoms with Crippen molar-refractivity contribution in [2.45, 2.75) is 59.1 Å². The third-order valence-corrected chi connectivity index (χ3v) is 5.35. The van der Waals surface area contributed by atoms with Crippen molar-refractivity contribution in [2.75, 3.05) is 10.5 Å². The van der Waals surface area contributed by atoms with E-state index < -0.39 is 15.3 Å². The lowest BCUT2D eigenvalue weighted by Crippen LogP contribution is -2.23. The third kappa shape index (κ3) is 5.23. The summed E-state index contributed by atoms with van der Waals surface area (Å²) in [5.41, 5.74) is 8.12. The van der Waals surface area contributed by atoms with Gasteiger partial charge in [-0.1, -0.05) is 33.3 Å². The first-order chi connectivity index (χ1) is 9.57. The lowest BCUT2D eigenvalue weighted by molar-refractivity contribution is 0.329. The van der Waals surface area contributed by atoms with Gasteiger partial charge in [0.25, 0.3) is 0 Å². The maximum atomic E-state index is 12.0. The van der Waals surface area contributed by atoms with Gasteiger partial charge in [0, 0.05) is 0 Å². The normalized spacial score (nSPS) is 12.7. The van der Waals surface area contributed by atoms with Crippen LogP contribution in [0, 0.1) is 5.41 Å². The van der Waals surface area contributed by atoms with Gasteiger partial charge in [0.1, 0.15) is 0 Å². The molecule has 0 aliphatic carbocycles. The zero-order valence-electron chi connectivity index (χ0n) is 13.7. The second-order valence-electron chi connectivity index (χ2n) is 6.71. The van der Waals surface area contributed by atoms with E-state index >= 15 is 0 Å². The van der Waals surface area contributed by atoms with E-state index in [1.807, 2.05) is 12.1 Å². The summed E-state index contributed by atoms with van der Waals surface area (Å²) >= 11 is 0. The van der Waals surface area contributed by atoms with Crippen molar-refractivity contribution in [3.05, 3.63) is 23.8 Å². The molecule has 0 aliphatic heterocycles. The van der Waals surface area contributed by atoms with Gasteiger partial charge in [-0.2, -0.15) is 0 Å². The molecule has 3 N–H and O–H groups in total. The Labute approximate surface area is 129 Å². The van der Waals surface area contributed by atoms with Crippen molar-refractivity contribution in [1.82, 2.24) is 0 Å². The second-order valence-corrected chi connectivity index (χ2v) is 8.95. The number of rotatable bonds is 7. The molecule has 0 heterocycles. The van der Waals surface area contributed by atoms with Crippen molar-refractivity contribution in [2.24, 2.45) is 5.41 Å². The number of nitrogen functional groups attached to an aromatic ring is 1. The molecule has 1 rings (SSSR count). The van der Waals surface area contributed by atoms with Crippen LogP contribution in [-0.4, -0.2) is 13.7 Å². The van der Waals surface area contributed by atoms with Gasteiger partial charge in [-0.05, 0) is 49.8 Å². The Morgan fingerprint density at radius 1 is 1.29 bits per heavy atom. The average molecular weight is 312 g/mol. The van der Waals surface area contributed by atoms with Gasteiger partial charge < -0.3 is 5.73 Å². The molecule has 0 spiro atoms. The topological polar surface area (TPSA) is 72.2 Å². The lowest BCUT2D eigenvalue weighted by atomic mass is 9.82. The standard InChI is InChI=1S/C16H28N2O2S/c1-6-9-16(4,5)11-13-7-8-14(17)15(10-13)18-21(19,20)12(2)3/h7-8,10,12,18H,6,9,11,17H2,1-5H3. The summed E-state index contributed by atoms with van der Waals surface area (Å²) < 4.78 is 26.6. The van der Waals surface area contributed by atoms with E-state index in [9.17, 15) is 8.42 Å². The SMILES string of the molecule is CCCC(C)(C)Cc1ccc(N)c(NS(=O)(=O)C(C)C)c1. The zero-order chi connectivity index (χ0) is 16.3. The van der Waals surface area contributed by atoms with E-state index in [1.54, 1.807) is 19.9 Å². The first-order valence-electron chi connectivity index (χ1n) is 7.47. The quantitative estimate of drug-likeness (QED) is 0.752. The molecule has 0 radical (unpaired) electrons. The van der Waals surface area contributed by atoms with Crippen LogP contribution in [0.2, 0.25) is 0 Å². The Balaban J connectivity index is 3.01. The highest BCUT2D eigenvalue weighted by molar-refractivity contribution is 7.93. The first kappa shape index (κ1) is 17.8. The number of hydrogen-bond donors (Lipinski definition) is 2. The summed E-state index contributed by atoms with van der Waals surface area (Å²) in [7, 11) is -3.37. The molecule has 4 nitrogen and oxygen atoms in total.